The zero-order chi connectivity index (χ0) is 12.6. The first-order valence-electron chi connectivity index (χ1n) is 5.68. The molecular weight excluding hydrogens is 202 g/mol. The Kier molecular flexibility index (Phi) is 7.18. The third kappa shape index (κ3) is 4.43. The number of carboxylic acids is 1. The van der Waals surface area contributed by atoms with Gasteiger partial charge in [-0.15, -0.1) is 0 Å². The van der Waals surface area contributed by atoms with E-state index >= 15 is 0 Å². The van der Waals surface area contributed by atoms with E-state index in [2.05, 4.69) is 4.99 Å². The van der Waals surface area contributed by atoms with Gasteiger partial charge in [0.1, 0.15) is 0 Å². The summed E-state index contributed by atoms with van der Waals surface area (Å²) in [4.78, 5) is 15.3. The number of rotatable bonds is 6. The van der Waals surface area contributed by atoms with Gasteiger partial charge in [-0.25, -0.2) is 4.79 Å². The molecule has 3 heteroatoms. The Hall–Kier alpha value is -1.38. The van der Waals surface area contributed by atoms with Gasteiger partial charge in [0.25, 0.3) is 0 Å². The lowest BCUT2D eigenvalue weighted by Crippen LogP contribution is -2.06. The Balaban J connectivity index is 5.36. The maximum absolute atomic E-state index is 11.2. The molecule has 0 saturated heterocycles. The van der Waals surface area contributed by atoms with Crippen molar-refractivity contribution >= 4 is 12.2 Å². The van der Waals surface area contributed by atoms with E-state index in [-0.39, 0.29) is 0 Å². The smallest absolute Gasteiger partial charge is 0.335 e. The normalized spacial score (nSPS) is 14.1. The van der Waals surface area contributed by atoms with Crippen LogP contribution in [0, 0.1) is 0 Å². The van der Waals surface area contributed by atoms with Crippen LogP contribution in [0.4, 0.5) is 0 Å². The second-order valence-corrected chi connectivity index (χ2v) is 3.63. The molecule has 0 aliphatic heterocycles. The summed E-state index contributed by atoms with van der Waals surface area (Å²) in [5.41, 5.74) is 2.14. The van der Waals surface area contributed by atoms with Gasteiger partial charge in [0, 0.05) is 12.4 Å². The third-order valence-electron chi connectivity index (χ3n) is 2.39. The summed E-state index contributed by atoms with van der Waals surface area (Å²) in [5.74, 6) is -0.856. The molecule has 0 aromatic carbocycles. The Labute approximate surface area is 97.6 Å². The van der Waals surface area contributed by atoms with Crippen LogP contribution in [-0.4, -0.2) is 17.3 Å². The fourth-order valence-corrected chi connectivity index (χ4v) is 1.46. The summed E-state index contributed by atoms with van der Waals surface area (Å²) in [7, 11) is 0. The van der Waals surface area contributed by atoms with E-state index in [4.69, 9.17) is 0 Å². The average Bonchev–Trinajstić information content (AvgIpc) is 2.25. The highest BCUT2D eigenvalue weighted by Crippen LogP contribution is 2.22. The van der Waals surface area contributed by atoms with Crippen molar-refractivity contribution in [3.05, 3.63) is 22.9 Å². The largest absolute Gasteiger partial charge is 0.478 e. The van der Waals surface area contributed by atoms with Crippen LogP contribution in [-0.2, 0) is 4.79 Å². The van der Waals surface area contributed by atoms with Crippen LogP contribution in [0.15, 0.2) is 27.9 Å². The fourth-order valence-electron chi connectivity index (χ4n) is 1.46. The summed E-state index contributed by atoms with van der Waals surface area (Å²) in [6.45, 7) is 7.68. The predicted molar refractivity (Wildman–Crippen MR) is 67.8 cm³/mol. The highest BCUT2D eigenvalue weighted by molar-refractivity contribution is 5.92. The van der Waals surface area contributed by atoms with E-state index in [1.165, 1.54) is 0 Å². The maximum atomic E-state index is 11.2. The van der Waals surface area contributed by atoms with Crippen molar-refractivity contribution < 1.29 is 9.90 Å². The zero-order valence-corrected chi connectivity index (χ0v) is 10.6. The second kappa shape index (κ2) is 7.85. The van der Waals surface area contributed by atoms with Gasteiger partial charge in [0.2, 0.25) is 0 Å². The van der Waals surface area contributed by atoms with Crippen LogP contribution in [0.5, 0.6) is 0 Å². The lowest BCUT2D eigenvalue weighted by atomic mass is 9.96. The van der Waals surface area contributed by atoms with Crippen molar-refractivity contribution in [3.8, 4) is 0 Å². The average molecular weight is 223 g/mol. The minimum atomic E-state index is -0.856. The summed E-state index contributed by atoms with van der Waals surface area (Å²) in [6.07, 6.45) is 5.73. The van der Waals surface area contributed by atoms with Crippen molar-refractivity contribution in [2.75, 3.05) is 0 Å². The number of aliphatic carboxylic acids is 1. The van der Waals surface area contributed by atoms with Crippen LogP contribution < -0.4 is 0 Å². The number of allylic oxidation sites excluding steroid dienone is 1. The molecule has 0 aromatic heterocycles. The third-order valence-corrected chi connectivity index (χ3v) is 2.39. The lowest BCUT2D eigenvalue weighted by Gasteiger charge is -2.09. The number of carboxylic acid groups (broad SMARTS) is 1. The van der Waals surface area contributed by atoms with E-state index in [9.17, 15) is 9.90 Å². The molecule has 0 aliphatic rings. The molecule has 0 atom stereocenters. The molecule has 0 bridgehead atoms. The topological polar surface area (TPSA) is 49.7 Å². The molecule has 0 aromatic rings. The molecule has 0 saturated carbocycles. The standard InChI is InChI=1S/C13H21NO2/c1-5-8-11(9-14-7-3)12(13(15)16)10(4)6-2/h7,9H,5-6,8H2,1-4H3,(H,15,16)/b11-9-,12-10+,14-7?. The maximum Gasteiger partial charge on any atom is 0.335 e. The van der Waals surface area contributed by atoms with Crippen molar-refractivity contribution in [1.82, 2.24) is 0 Å². The van der Waals surface area contributed by atoms with Crippen molar-refractivity contribution in [2.45, 2.75) is 47.0 Å². The van der Waals surface area contributed by atoms with Crippen LogP contribution >= 0.6 is 0 Å². The first-order valence-corrected chi connectivity index (χ1v) is 5.68. The highest BCUT2D eigenvalue weighted by atomic mass is 16.4. The van der Waals surface area contributed by atoms with Crippen LogP contribution in [0.2, 0.25) is 0 Å². The van der Waals surface area contributed by atoms with Gasteiger partial charge in [-0.05, 0) is 32.3 Å². The molecular formula is C13H21NO2. The summed E-state index contributed by atoms with van der Waals surface area (Å²) in [6, 6.07) is 0. The Morgan fingerprint density at radius 2 is 2.00 bits per heavy atom. The van der Waals surface area contributed by atoms with Gasteiger partial charge >= 0.3 is 5.97 Å². The highest BCUT2D eigenvalue weighted by Gasteiger charge is 2.15. The number of carbonyl (C=O) groups is 1. The molecule has 90 valence electrons. The molecule has 0 fully saturated rings. The van der Waals surface area contributed by atoms with Crippen molar-refractivity contribution in [3.63, 3.8) is 0 Å². The molecule has 0 rings (SSSR count). The Bertz CT molecular complexity index is 325. The summed E-state index contributed by atoms with van der Waals surface area (Å²) < 4.78 is 0. The van der Waals surface area contributed by atoms with E-state index in [1.807, 2.05) is 27.7 Å². The fraction of sp³-hybridized carbons (Fsp3) is 0.538. The van der Waals surface area contributed by atoms with Crippen LogP contribution in [0.1, 0.15) is 47.0 Å². The lowest BCUT2D eigenvalue weighted by molar-refractivity contribution is -0.132. The van der Waals surface area contributed by atoms with E-state index < -0.39 is 5.97 Å². The molecule has 0 amide bonds. The molecule has 1 N–H and O–H groups in total. The number of nitrogens with zero attached hydrogens (tertiary/aromatic N) is 1. The quantitative estimate of drug-likeness (QED) is 0.425. The Morgan fingerprint density at radius 3 is 2.38 bits per heavy atom. The number of hydrogen-bond acceptors (Lipinski definition) is 2. The molecule has 16 heavy (non-hydrogen) atoms. The zero-order valence-electron chi connectivity index (χ0n) is 10.6. The second-order valence-electron chi connectivity index (χ2n) is 3.63. The minimum absolute atomic E-state index is 0.426. The van der Waals surface area contributed by atoms with Crippen LogP contribution in [0.3, 0.4) is 0 Å². The first kappa shape index (κ1) is 14.6. The summed E-state index contributed by atoms with van der Waals surface area (Å²) in [5, 5.41) is 9.22. The van der Waals surface area contributed by atoms with Gasteiger partial charge in [-0.2, -0.15) is 0 Å². The molecule has 0 spiro atoms. The summed E-state index contributed by atoms with van der Waals surface area (Å²) >= 11 is 0. The molecule has 3 nitrogen and oxygen atoms in total. The van der Waals surface area contributed by atoms with E-state index in [0.29, 0.717) is 5.57 Å². The van der Waals surface area contributed by atoms with E-state index in [0.717, 1.165) is 30.4 Å². The van der Waals surface area contributed by atoms with Gasteiger partial charge in [0.05, 0.1) is 5.57 Å². The van der Waals surface area contributed by atoms with Gasteiger partial charge < -0.3 is 5.11 Å². The minimum Gasteiger partial charge on any atom is -0.478 e. The van der Waals surface area contributed by atoms with Crippen molar-refractivity contribution in [2.24, 2.45) is 4.99 Å². The van der Waals surface area contributed by atoms with Gasteiger partial charge in [-0.1, -0.05) is 25.8 Å². The molecule has 0 aliphatic carbocycles. The van der Waals surface area contributed by atoms with Gasteiger partial charge in [-0.3, -0.25) is 4.99 Å². The van der Waals surface area contributed by atoms with Gasteiger partial charge in [0.15, 0.2) is 0 Å². The first-order chi connectivity index (χ1) is 7.58. The predicted octanol–water partition coefficient (Wildman–Crippen LogP) is 3.57. The van der Waals surface area contributed by atoms with Crippen LogP contribution in [0.25, 0.3) is 0 Å². The van der Waals surface area contributed by atoms with E-state index in [1.54, 1.807) is 12.4 Å². The number of hydrogen-bond donors (Lipinski definition) is 1. The molecule has 0 radical (unpaired) electrons. The number of aliphatic imine (C=N–C) groups is 1. The SMILES string of the molecule is CC=N/C=C(CCC)\C(C(=O)O)=C(\C)CC. The monoisotopic (exact) mass is 223 g/mol. The Morgan fingerprint density at radius 1 is 1.38 bits per heavy atom. The molecule has 0 heterocycles. The molecule has 0 unspecified atom stereocenters. The van der Waals surface area contributed by atoms with Crippen molar-refractivity contribution in [1.29, 1.82) is 0 Å².